The predicted octanol–water partition coefficient (Wildman–Crippen LogP) is 0.419. The third-order valence-corrected chi connectivity index (χ3v) is 3.77. The molecular formula is C6H12N2O2S2. The second-order valence-electron chi connectivity index (χ2n) is 2.46. The third-order valence-electron chi connectivity index (χ3n) is 1.30. The summed E-state index contributed by atoms with van der Waals surface area (Å²) in [5.41, 5.74) is 0. The fourth-order valence-electron chi connectivity index (χ4n) is 0.850. The molecule has 0 bridgehead atoms. The summed E-state index contributed by atoms with van der Waals surface area (Å²) in [6.07, 6.45) is 0.632. The Kier molecular flexibility index (Phi) is 3.39. The zero-order valence-electron chi connectivity index (χ0n) is 6.91. The molecular weight excluding hydrogens is 196 g/mol. The first-order chi connectivity index (χ1) is 5.64. The van der Waals surface area contributed by atoms with Gasteiger partial charge in [0.25, 0.3) is 0 Å². The Morgan fingerprint density at radius 1 is 1.67 bits per heavy atom. The summed E-state index contributed by atoms with van der Waals surface area (Å²) in [5, 5.41) is 0.545. The highest BCUT2D eigenvalue weighted by Crippen LogP contribution is 2.09. The maximum Gasteiger partial charge on any atom is 0.234 e. The molecule has 0 aliphatic carbocycles. The molecule has 0 saturated carbocycles. The second kappa shape index (κ2) is 4.13. The van der Waals surface area contributed by atoms with Gasteiger partial charge in [0, 0.05) is 5.75 Å². The Morgan fingerprint density at radius 3 is 2.92 bits per heavy atom. The van der Waals surface area contributed by atoms with Gasteiger partial charge in [-0.3, -0.25) is 9.71 Å². The van der Waals surface area contributed by atoms with Crippen LogP contribution in [-0.2, 0) is 10.0 Å². The van der Waals surface area contributed by atoms with Crippen molar-refractivity contribution in [1.29, 1.82) is 0 Å². The molecule has 0 fully saturated rings. The van der Waals surface area contributed by atoms with Crippen LogP contribution in [0.1, 0.15) is 13.3 Å². The fraction of sp³-hybridized carbons (Fsp3) is 0.833. The maximum absolute atomic E-state index is 11.2. The van der Waals surface area contributed by atoms with E-state index in [1.807, 2.05) is 6.92 Å². The molecule has 0 aromatic carbocycles. The molecule has 0 unspecified atom stereocenters. The van der Waals surface area contributed by atoms with Crippen molar-refractivity contribution in [3.8, 4) is 0 Å². The first kappa shape index (κ1) is 9.85. The monoisotopic (exact) mass is 208 g/mol. The van der Waals surface area contributed by atoms with Crippen molar-refractivity contribution in [1.82, 2.24) is 4.72 Å². The average Bonchev–Trinajstić information content (AvgIpc) is 2.38. The lowest BCUT2D eigenvalue weighted by molar-refractivity contribution is 0.591. The van der Waals surface area contributed by atoms with Crippen LogP contribution in [0.5, 0.6) is 0 Å². The van der Waals surface area contributed by atoms with Gasteiger partial charge in [-0.05, 0) is 6.42 Å². The quantitative estimate of drug-likeness (QED) is 0.731. The number of aliphatic imine (C=N–C) groups is 1. The van der Waals surface area contributed by atoms with Crippen LogP contribution >= 0.6 is 11.8 Å². The largest absolute Gasteiger partial charge is 0.262 e. The lowest BCUT2D eigenvalue weighted by atomic mass is 10.6. The Hall–Kier alpha value is -0.230. The minimum atomic E-state index is -3.12. The van der Waals surface area contributed by atoms with Crippen molar-refractivity contribution in [2.75, 3.05) is 18.1 Å². The lowest BCUT2D eigenvalue weighted by Gasteiger charge is -2.04. The molecule has 1 rings (SSSR count). The molecule has 1 aliphatic rings. The molecule has 0 atom stereocenters. The van der Waals surface area contributed by atoms with E-state index in [1.165, 1.54) is 11.8 Å². The minimum absolute atomic E-state index is 0.173. The van der Waals surface area contributed by atoms with E-state index in [0.717, 1.165) is 5.75 Å². The van der Waals surface area contributed by atoms with Crippen molar-refractivity contribution in [2.45, 2.75) is 13.3 Å². The van der Waals surface area contributed by atoms with Crippen LogP contribution in [0.3, 0.4) is 0 Å². The van der Waals surface area contributed by atoms with Crippen LogP contribution in [0, 0.1) is 0 Å². The average molecular weight is 208 g/mol. The van der Waals surface area contributed by atoms with E-state index >= 15 is 0 Å². The first-order valence-electron chi connectivity index (χ1n) is 3.82. The zero-order chi connectivity index (χ0) is 9.03. The summed E-state index contributed by atoms with van der Waals surface area (Å²) in [6.45, 7) is 2.55. The van der Waals surface area contributed by atoms with Crippen LogP contribution in [-0.4, -0.2) is 31.6 Å². The van der Waals surface area contributed by atoms with Crippen LogP contribution in [0.15, 0.2) is 4.99 Å². The van der Waals surface area contributed by atoms with Gasteiger partial charge in [0.15, 0.2) is 5.17 Å². The molecule has 1 N–H and O–H groups in total. The number of sulfonamides is 1. The van der Waals surface area contributed by atoms with Gasteiger partial charge in [0.05, 0.1) is 12.3 Å². The molecule has 6 heteroatoms. The summed E-state index contributed by atoms with van der Waals surface area (Å²) in [5.74, 6) is 1.05. The predicted molar refractivity (Wildman–Crippen MR) is 52.0 cm³/mol. The summed E-state index contributed by atoms with van der Waals surface area (Å²) >= 11 is 1.45. The summed E-state index contributed by atoms with van der Waals surface area (Å²) in [7, 11) is -3.12. The molecule has 0 saturated heterocycles. The van der Waals surface area contributed by atoms with Crippen molar-refractivity contribution in [3.05, 3.63) is 0 Å². The molecule has 0 spiro atoms. The van der Waals surface area contributed by atoms with Gasteiger partial charge >= 0.3 is 0 Å². The molecule has 0 aromatic heterocycles. The summed E-state index contributed by atoms with van der Waals surface area (Å²) < 4.78 is 24.8. The smallest absolute Gasteiger partial charge is 0.234 e. The number of amidine groups is 1. The molecule has 1 heterocycles. The number of rotatable bonds is 3. The molecule has 1 aliphatic heterocycles. The van der Waals surface area contributed by atoms with Gasteiger partial charge < -0.3 is 0 Å². The molecule has 4 nitrogen and oxygen atoms in total. The lowest BCUT2D eigenvalue weighted by Crippen LogP contribution is -2.29. The molecule has 12 heavy (non-hydrogen) atoms. The van der Waals surface area contributed by atoms with Crippen LogP contribution < -0.4 is 4.72 Å². The van der Waals surface area contributed by atoms with Crippen LogP contribution in [0.2, 0.25) is 0 Å². The number of thioether (sulfide) groups is 1. The molecule has 0 amide bonds. The Labute approximate surface area is 76.9 Å². The number of nitrogens with zero attached hydrogens (tertiary/aromatic N) is 1. The van der Waals surface area contributed by atoms with Crippen molar-refractivity contribution >= 4 is 27.0 Å². The van der Waals surface area contributed by atoms with Crippen molar-refractivity contribution in [3.63, 3.8) is 0 Å². The van der Waals surface area contributed by atoms with Crippen LogP contribution in [0.4, 0.5) is 0 Å². The zero-order valence-corrected chi connectivity index (χ0v) is 8.54. The Morgan fingerprint density at radius 2 is 2.42 bits per heavy atom. The summed E-state index contributed by atoms with van der Waals surface area (Å²) in [4.78, 5) is 3.99. The highest BCUT2D eigenvalue weighted by Gasteiger charge is 2.14. The summed E-state index contributed by atoms with van der Waals surface area (Å²) in [6, 6.07) is 0. The highest BCUT2D eigenvalue weighted by atomic mass is 32.2. The van der Waals surface area contributed by atoms with Gasteiger partial charge in [-0.25, -0.2) is 8.42 Å². The second-order valence-corrected chi connectivity index (χ2v) is 5.38. The number of hydrogen-bond acceptors (Lipinski definition) is 4. The van der Waals surface area contributed by atoms with Gasteiger partial charge in [0.1, 0.15) is 0 Å². The SMILES string of the molecule is CCCS(=O)(=O)NC1=NCCS1. The Bertz CT molecular complexity index is 271. The van der Waals surface area contributed by atoms with Gasteiger partial charge in [0.2, 0.25) is 10.0 Å². The van der Waals surface area contributed by atoms with E-state index in [-0.39, 0.29) is 5.75 Å². The van der Waals surface area contributed by atoms with Crippen molar-refractivity contribution < 1.29 is 8.42 Å². The van der Waals surface area contributed by atoms with E-state index in [0.29, 0.717) is 18.1 Å². The first-order valence-corrected chi connectivity index (χ1v) is 6.45. The number of hydrogen-bond donors (Lipinski definition) is 1. The molecule has 0 radical (unpaired) electrons. The van der Waals surface area contributed by atoms with Gasteiger partial charge in [-0.1, -0.05) is 18.7 Å². The topological polar surface area (TPSA) is 58.5 Å². The Balaban J connectivity index is 2.49. The number of nitrogens with one attached hydrogen (secondary N) is 1. The van der Waals surface area contributed by atoms with E-state index < -0.39 is 10.0 Å². The van der Waals surface area contributed by atoms with Crippen molar-refractivity contribution in [2.24, 2.45) is 4.99 Å². The third kappa shape index (κ3) is 3.02. The normalized spacial score (nSPS) is 17.6. The standard InChI is InChI=1S/C6H12N2O2S2/c1-2-5-12(9,10)8-6-7-3-4-11-6/h2-5H2,1H3,(H,7,8). The molecule has 70 valence electrons. The highest BCUT2D eigenvalue weighted by molar-refractivity contribution is 8.15. The molecule has 0 aromatic rings. The fourth-order valence-corrected chi connectivity index (χ4v) is 2.99. The van der Waals surface area contributed by atoms with E-state index in [4.69, 9.17) is 0 Å². The van der Waals surface area contributed by atoms with Gasteiger partial charge in [-0.15, -0.1) is 0 Å². The van der Waals surface area contributed by atoms with Gasteiger partial charge in [-0.2, -0.15) is 0 Å². The van der Waals surface area contributed by atoms with E-state index in [9.17, 15) is 8.42 Å². The minimum Gasteiger partial charge on any atom is -0.262 e. The maximum atomic E-state index is 11.2. The van der Waals surface area contributed by atoms with E-state index in [2.05, 4.69) is 9.71 Å². The van der Waals surface area contributed by atoms with Crippen LogP contribution in [0.25, 0.3) is 0 Å². The van der Waals surface area contributed by atoms with E-state index in [1.54, 1.807) is 0 Å².